The first-order valence-corrected chi connectivity index (χ1v) is 6.86. The number of hydrogen-bond acceptors (Lipinski definition) is 2. The van der Waals surface area contributed by atoms with Crippen LogP contribution in [0.15, 0.2) is 0 Å². The number of fused-ring (bicyclic) bond motifs is 1. The molecule has 0 radical (unpaired) electrons. The van der Waals surface area contributed by atoms with Gasteiger partial charge in [-0.2, -0.15) is 0 Å². The predicted molar refractivity (Wildman–Crippen MR) is 66.3 cm³/mol. The monoisotopic (exact) mass is 237 g/mol. The number of nitrogens with zero attached hydrogens (tertiary/aromatic N) is 1. The van der Waals surface area contributed by atoms with Gasteiger partial charge < -0.3 is 0 Å². The van der Waals surface area contributed by atoms with Crippen LogP contribution in [0.25, 0.3) is 0 Å². The van der Waals surface area contributed by atoms with Gasteiger partial charge in [-0.3, -0.25) is 14.5 Å². The highest BCUT2D eigenvalue weighted by molar-refractivity contribution is 6.03. The quantitative estimate of drug-likeness (QED) is 0.692. The lowest BCUT2D eigenvalue weighted by atomic mass is 9.79. The minimum Gasteiger partial charge on any atom is -0.278 e. The fourth-order valence-corrected chi connectivity index (χ4v) is 2.87. The minimum atomic E-state index is -0.396. The molecule has 1 saturated carbocycles. The molecule has 3 heteroatoms. The van der Waals surface area contributed by atoms with Gasteiger partial charge in [0.15, 0.2) is 0 Å². The molecule has 1 aliphatic carbocycles. The third-order valence-electron chi connectivity index (χ3n) is 4.55. The number of carbonyl (C=O) groups is 2. The van der Waals surface area contributed by atoms with E-state index in [-0.39, 0.29) is 23.8 Å². The second-order valence-corrected chi connectivity index (χ2v) is 6.06. The van der Waals surface area contributed by atoms with Crippen LogP contribution in [0.1, 0.15) is 59.3 Å². The Balaban J connectivity index is 2.12. The summed E-state index contributed by atoms with van der Waals surface area (Å²) in [7, 11) is 0. The van der Waals surface area contributed by atoms with Gasteiger partial charge in [0.1, 0.15) is 0 Å². The summed E-state index contributed by atoms with van der Waals surface area (Å²) < 4.78 is 0. The maximum absolute atomic E-state index is 12.4. The second kappa shape index (κ2) is 4.43. The first-order valence-electron chi connectivity index (χ1n) is 6.86. The van der Waals surface area contributed by atoms with Gasteiger partial charge in [-0.05, 0) is 19.3 Å². The number of likely N-dealkylation sites (tertiary alicyclic amines) is 1. The summed E-state index contributed by atoms with van der Waals surface area (Å²) in [6.07, 6.45) is 6.30. The number of carbonyl (C=O) groups excluding carboxylic acids is 2. The smallest absolute Gasteiger partial charge is 0.235 e. The van der Waals surface area contributed by atoms with Crippen LogP contribution in [0.2, 0.25) is 0 Å². The van der Waals surface area contributed by atoms with Gasteiger partial charge >= 0.3 is 0 Å². The molecule has 17 heavy (non-hydrogen) atoms. The van der Waals surface area contributed by atoms with Gasteiger partial charge in [-0.25, -0.2) is 0 Å². The third kappa shape index (κ3) is 2.00. The summed E-state index contributed by atoms with van der Waals surface area (Å²) in [5.74, 6) is 0.269. The second-order valence-electron chi connectivity index (χ2n) is 6.06. The first kappa shape index (κ1) is 12.6. The summed E-state index contributed by atoms with van der Waals surface area (Å²) in [4.78, 5) is 26.0. The fourth-order valence-electron chi connectivity index (χ4n) is 2.87. The maximum atomic E-state index is 12.4. The summed E-state index contributed by atoms with van der Waals surface area (Å²) in [6, 6.07) is 0.211. The van der Waals surface area contributed by atoms with E-state index >= 15 is 0 Å². The maximum Gasteiger partial charge on any atom is 0.235 e. The van der Waals surface area contributed by atoms with Gasteiger partial charge in [-0.1, -0.05) is 40.0 Å². The van der Waals surface area contributed by atoms with E-state index in [1.165, 1.54) is 6.42 Å². The van der Waals surface area contributed by atoms with Gasteiger partial charge in [0, 0.05) is 5.41 Å². The highest BCUT2D eigenvalue weighted by Crippen LogP contribution is 2.40. The van der Waals surface area contributed by atoms with Crippen LogP contribution in [0, 0.1) is 11.3 Å². The Morgan fingerprint density at radius 3 is 2.59 bits per heavy atom. The number of β-lactam (4-membered cyclic amide) rings is 1. The molecule has 1 aliphatic heterocycles. The molecule has 2 amide bonds. The van der Waals surface area contributed by atoms with E-state index < -0.39 is 5.41 Å². The Morgan fingerprint density at radius 1 is 1.29 bits per heavy atom. The van der Waals surface area contributed by atoms with Crippen LogP contribution in [0.4, 0.5) is 0 Å². The average Bonchev–Trinajstić information content (AvgIpc) is 2.51. The first-order chi connectivity index (χ1) is 7.99. The zero-order valence-corrected chi connectivity index (χ0v) is 11.2. The Hall–Kier alpha value is -0.860. The van der Waals surface area contributed by atoms with Crippen LogP contribution in [0.3, 0.4) is 0 Å². The number of hydrogen-bond donors (Lipinski definition) is 0. The van der Waals surface area contributed by atoms with Crippen LogP contribution < -0.4 is 0 Å². The highest BCUT2D eigenvalue weighted by atomic mass is 16.2. The molecular weight excluding hydrogens is 214 g/mol. The minimum absolute atomic E-state index is 0.0353. The highest BCUT2D eigenvalue weighted by Gasteiger charge is 2.52. The molecule has 2 unspecified atom stereocenters. The molecule has 0 aromatic heterocycles. The molecule has 0 aromatic carbocycles. The van der Waals surface area contributed by atoms with E-state index in [1.807, 2.05) is 20.8 Å². The van der Waals surface area contributed by atoms with E-state index in [9.17, 15) is 9.59 Å². The van der Waals surface area contributed by atoms with Gasteiger partial charge in [-0.15, -0.1) is 0 Å². The number of amides is 2. The van der Waals surface area contributed by atoms with Gasteiger partial charge in [0.2, 0.25) is 11.8 Å². The molecule has 0 bridgehead atoms. The third-order valence-corrected chi connectivity index (χ3v) is 4.55. The van der Waals surface area contributed by atoms with Crippen LogP contribution in [-0.4, -0.2) is 22.8 Å². The van der Waals surface area contributed by atoms with Crippen LogP contribution in [-0.2, 0) is 9.59 Å². The van der Waals surface area contributed by atoms with Crippen molar-refractivity contribution in [1.29, 1.82) is 0 Å². The largest absolute Gasteiger partial charge is 0.278 e. The van der Waals surface area contributed by atoms with Crippen molar-refractivity contribution in [1.82, 2.24) is 4.90 Å². The summed E-state index contributed by atoms with van der Waals surface area (Å²) >= 11 is 0. The summed E-state index contributed by atoms with van der Waals surface area (Å²) in [5, 5.41) is 0. The van der Waals surface area contributed by atoms with E-state index in [2.05, 4.69) is 0 Å². The van der Waals surface area contributed by atoms with E-state index in [1.54, 1.807) is 4.90 Å². The summed E-state index contributed by atoms with van der Waals surface area (Å²) in [5.41, 5.74) is -0.396. The molecule has 1 saturated heterocycles. The Bertz CT molecular complexity index is 335. The Morgan fingerprint density at radius 2 is 1.94 bits per heavy atom. The standard InChI is InChI=1S/C14H23NO2/c1-4-14(2,3)13(17)15-11-9-7-5-6-8-10(11)12(15)16/h10-11H,4-9H2,1-3H3. The Labute approximate surface area is 104 Å². The number of imide groups is 1. The van der Waals surface area contributed by atoms with Crippen molar-refractivity contribution in [2.24, 2.45) is 11.3 Å². The molecule has 2 rings (SSSR count). The molecule has 0 aromatic rings. The molecule has 2 atom stereocenters. The molecule has 2 fully saturated rings. The molecule has 2 aliphatic rings. The van der Waals surface area contributed by atoms with Crippen molar-refractivity contribution in [2.75, 3.05) is 0 Å². The van der Waals surface area contributed by atoms with E-state index in [0.717, 1.165) is 32.1 Å². The van der Waals surface area contributed by atoms with Crippen molar-refractivity contribution >= 4 is 11.8 Å². The molecular formula is C14H23NO2. The lowest BCUT2D eigenvalue weighted by molar-refractivity contribution is -0.171. The van der Waals surface area contributed by atoms with Crippen LogP contribution >= 0.6 is 0 Å². The molecule has 3 nitrogen and oxygen atoms in total. The molecule has 0 spiro atoms. The zero-order chi connectivity index (χ0) is 12.6. The lowest BCUT2D eigenvalue weighted by Gasteiger charge is -2.47. The van der Waals surface area contributed by atoms with Crippen molar-refractivity contribution < 1.29 is 9.59 Å². The predicted octanol–water partition coefficient (Wildman–Crippen LogP) is 2.74. The Kier molecular flexibility index (Phi) is 3.28. The molecule has 0 N–H and O–H groups in total. The van der Waals surface area contributed by atoms with Crippen molar-refractivity contribution in [3.8, 4) is 0 Å². The molecule has 96 valence electrons. The van der Waals surface area contributed by atoms with E-state index in [0.29, 0.717) is 0 Å². The lowest BCUT2D eigenvalue weighted by Crippen LogP contribution is -2.64. The van der Waals surface area contributed by atoms with E-state index in [4.69, 9.17) is 0 Å². The molecule has 1 heterocycles. The SMILES string of the molecule is CCC(C)(C)C(=O)N1C(=O)C2CCCCCC21. The van der Waals surface area contributed by atoms with Gasteiger partial charge in [0.05, 0.1) is 12.0 Å². The average molecular weight is 237 g/mol. The van der Waals surface area contributed by atoms with Crippen molar-refractivity contribution in [3.05, 3.63) is 0 Å². The number of rotatable bonds is 2. The van der Waals surface area contributed by atoms with Crippen LogP contribution in [0.5, 0.6) is 0 Å². The topological polar surface area (TPSA) is 37.4 Å². The van der Waals surface area contributed by atoms with Gasteiger partial charge in [0.25, 0.3) is 0 Å². The zero-order valence-electron chi connectivity index (χ0n) is 11.2. The van der Waals surface area contributed by atoms with Crippen molar-refractivity contribution in [2.45, 2.75) is 65.3 Å². The summed E-state index contributed by atoms with van der Waals surface area (Å²) in [6.45, 7) is 5.88. The fraction of sp³-hybridized carbons (Fsp3) is 0.857. The van der Waals surface area contributed by atoms with Crippen molar-refractivity contribution in [3.63, 3.8) is 0 Å². The normalized spacial score (nSPS) is 29.4.